The van der Waals surface area contributed by atoms with Crippen LogP contribution in [0, 0.1) is 13.8 Å². The smallest absolute Gasteiger partial charge is 0.277 e. The van der Waals surface area contributed by atoms with Crippen LogP contribution in [0.3, 0.4) is 0 Å². The summed E-state index contributed by atoms with van der Waals surface area (Å²) in [6, 6.07) is 15.1. The van der Waals surface area contributed by atoms with Crippen LogP contribution >= 0.6 is 0 Å². The molecule has 0 aliphatic carbocycles. The van der Waals surface area contributed by atoms with E-state index in [0.717, 1.165) is 22.6 Å². The minimum Gasteiger partial charge on any atom is -0.321 e. The van der Waals surface area contributed by atoms with Crippen molar-refractivity contribution in [3.8, 4) is 17.1 Å². The lowest BCUT2D eigenvalue weighted by Gasteiger charge is -2.04. The van der Waals surface area contributed by atoms with Crippen molar-refractivity contribution in [2.45, 2.75) is 13.8 Å². The van der Waals surface area contributed by atoms with Gasteiger partial charge in [-0.25, -0.2) is 9.67 Å². The van der Waals surface area contributed by atoms with E-state index < -0.39 is 0 Å². The van der Waals surface area contributed by atoms with Gasteiger partial charge in [-0.05, 0) is 38.1 Å². The quantitative estimate of drug-likeness (QED) is 0.583. The molecule has 0 fully saturated rings. The second kappa shape index (κ2) is 6.83. The number of nitrogens with one attached hydrogen (secondary N) is 2. The maximum Gasteiger partial charge on any atom is 0.277 e. The molecule has 8 heteroatoms. The van der Waals surface area contributed by atoms with Crippen molar-refractivity contribution in [2.24, 2.45) is 0 Å². The van der Waals surface area contributed by atoms with E-state index in [-0.39, 0.29) is 11.6 Å². The number of benzene rings is 2. The number of nitrogens with zero attached hydrogens (tertiary/aromatic N) is 5. The number of aryl methyl sites for hydroxylation is 2. The molecule has 8 nitrogen and oxygen atoms in total. The maximum absolute atomic E-state index is 12.5. The van der Waals surface area contributed by atoms with Gasteiger partial charge in [0.25, 0.3) is 5.91 Å². The highest BCUT2D eigenvalue weighted by Gasteiger charge is 2.13. The first-order valence-electron chi connectivity index (χ1n) is 8.39. The van der Waals surface area contributed by atoms with Crippen LogP contribution in [0.2, 0.25) is 0 Å². The highest BCUT2D eigenvalue weighted by atomic mass is 16.2. The molecule has 0 aliphatic heterocycles. The molecule has 0 aliphatic rings. The summed E-state index contributed by atoms with van der Waals surface area (Å²) in [5.41, 5.74) is 3.66. The Morgan fingerprint density at radius 1 is 1.11 bits per heavy atom. The fourth-order valence-electron chi connectivity index (χ4n) is 2.59. The number of carbonyl (C=O) groups excluding carboxylic acids is 1. The second-order valence-electron chi connectivity index (χ2n) is 6.16. The summed E-state index contributed by atoms with van der Waals surface area (Å²) in [6.45, 7) is 3.84. The molecule has 4 aromatic rings. The third kappa shape index (κ3) is 3.59. The Kier molecular flexibility index (Phi) is 4.21. The largest absolute Gasteiger partial charge is 0.321 e. The van der Waals surface area contributed by atoms with E-state index in [1.54, 1.807) is 16.9 Å². The summed E-state index contributed by atoms with van der Waals surface area (Å²) in [4.78, 5) is 16.8. The predicted octanol–water partition coefficient (Wildman–Crippen LogP) is 2.92. The average Bonchev–Trinajstić information content (AvgIpc) is 3.32. The summed E-state index contributed by atoms with van der Waals surface area (Å²) < 4.78 is 1.57. The van der Waals surface area contributed by atoms with Crippen LogP contribution in [0.25, 0.3) is 17.1 Å². The molecule has 2 aromatic heterocycles. The highest BCUT2D eigenvalue weighted by Crippen LogP contribution is 2.19. The van der Waals surface area contributed by atoms with Gasteiger partial charge >= 0.3 is 0 Å². The topological polar surface area (TPSA) is 101 Å². The Morgan fingerprint density at radius 3 is 2.67 bits per heavy atom. The Morgan fingerprint density at radius 2 is 1.93 bits per heavy atom. The third-order valence-electron chi connectivity index (χ3n) is 4.00. The molecule has 2 N–H and O–H groups in total. The molecule has 4 rings (SSSR count). The Hall–Kier alpha value is -3.81. The molecule has 0 atom stereocenters. The maximum atomic E-state index is 12.5. The van der Waals surface area contributed by atoms with Crippen molar-refractivity contribution < 1.29 is 4.79 Å². The molecule has 2 heterocycles. The summed E-state index contributed by atoms with van der Waals surface area (Å²) in [7, 11) is 0. The van der Waals surface area contributed by atoms with Gasteiger partial charge in [0.15, 0.2) is 11.5 Å². The van der Waals surface area contributed by atoms with Crippen molar-refractivity contribution >= 4 is 11.6 Å². The average molecular weight is 359 g/mol. The van der Waals surface area contributed by atoms with E-state index in [1.165, 1.54) is 0 Å². The summed E-state index contributed by atoms with van der Waals surface area (Å²) in [5, 5.41) is 17.8. The van der Waals surface area contributed by atoms with Gasteiger partial charge in [-0.15, -0.1) is 5.10 Å². The van der Waals surface area contributed by atoms with Gasteiger partial charge in [0.2, 0.25) is 0 Å². The number of carbonyl (C=O) groups is 1. The molecule has 0 saturated heterocycles. The molecule has 0 spiro atoms. The summed E-state index contributed by atoms with van der Waals surface area (Å²) >= 11 is 0. The lowest BCUT2D eigenvalue weighted by molar-refractivity contribution is 0.102. The summed E-state index contributed by atoms with van der Waals surface area (Å²) in [6.07, 6.45) is 1.60. The normalized spacial score (nSPS) is 10.7. The lowest BCUT2D eigenvalue weighted by atomic mass is 10.2. The molecule has 0 radical (unpaired) electrons. The number of amides is 1. The van der Waals surface area contributed by atoms with Crippen LogP contribution in [0.5, 0.6) is 0 Å². The van der Waals surface area contributed by atoms with Gasteiger partial charge in [0.05, 0.1) is 11.9 Å². The van der Waals surface area contributed by atoms with Crippen molar-refractivity contribution in [3.63, 3.8) is 0 Å². The third-order valence-corrected chi connectivity index (χ3v) is 4.00. The van der Waals surface area contributed by atoms with Crippen LogP contribution in [-0.4, -0.2) is 36.1 Å². The van der Waals surface area contributed by atoms with Gasteiger partial charge in [0.1, 0.15) is 5.82 Å². The van der Waals surface area contributed by atoms with E-state index in [4.69, 9.17) is 0 Å². The van der Waals surface area contributed by atoms with Gasteiger partial charge in [0, 0.05) is 11.3 Å². The first kappa shape index (κ1) is 16.6. The predicted molar refractivity (Wildman–Crippen MR) is 101 cm³/mol. The van der Waals surface area contributed by atoms with Crippen molar-refractivity contribution in [1.82, 2.24) is 30.2 Å². The Bertz CT molecular complexity index is 1100. The van der Waals surface area contributed by atoms with Crippen LogP contribution in [0.1, 0.15) is 21.9 Å². The molecular formula is C19H17N7O. The molecule has 27 heavy (non-hydrogen) atoms. The standard InChI is InChI=1S/C19H17N7O/c1-12-6-8-16(9-7-12)26-11-17(23-25-26)19(27)21-15-5-3-4-14(10-15)18-20-13(2)22-24-18/h3-11H,1-2H3,(H,21,27)(H,20,22,24). The van der Waals surface area contributed by atoms with Crippen molar-refractivity contribution in [2.75, 3.05) is 5.32 Å². The molecular weight excluding hydrogens is 342 g/mol. The fourth-order valence-corrected chi connectivity index (χ4v) is 2.59. The van der Waals surface area contributed by atoms with E-state index in [9.17, 15) is 4.79 Å². The first-order chi connectivity index (χ1) is 13.1. The summed E-state index contributed by atoms with van der Waals surface area (Å²) in [5.74, 6) is 0.970. The number of aromatic nitrogens is 6. The van der Waals surface area contributed by atoms with Gasteiger partial charge < -0.3 is 5.32 Å². The zero-order valence-electron chi connectivity index (χ0n) is 14.8. The number of aromatic amines is 1. The van der Waals surface area contributed by atoms with Crippen LogP contribution in [-0.2, 0) is 0 Å². The second-order valence-corrected chi connectivity index (χ2v) is 6.16. The number of hydrogen-bond donors (Lipinski definition) is 2. The molecule has 134 valence electrons. The monoisotopic (exact) mass is 359 g/mol. The van der Waals surface area contributed by atoms with Crippen LogP contribution in [0.4, 0.5) is 5.69 Å². The Balaban J connectivity index is 1.52. The number of H-pyrrole nitrogens is 1. The SMILES string of the molecule is Cc1ccc(-n2cc(C(=O)Nc3cccc(-c4n[nH]c(C)n4)c3)nn2)cc1. The first-order valence-corrected chi connectivity index (χ1v) is 8.39. The van der Waals surface area contributed by atoms with Gasteiger partial charge in [-0.2, -0.15) is 5.10 Å². The van der Waals surface area contributed by atoms with Gasteiger partial charge in [-0.3, -0.25) is 9.89 Å². The van der Waals surface area contributed by atoms with E-state index in [0.29, 0.717) is 11.5 Å². The van der Waals surface area contributed by atoms with Crippen molar-refractivity contribution in [3.05, 3.63) is 71.8 Å². The number of rotatable bonds is 4. The highest BCUT2D eigenvalue weighted by molar-refractivity contribution is 6.02. The fraction of sp³-hybridized carbons (Fsp3) is 0.105. The minimum absolute atomic E-state index is 0.231. The minimum atomic E-state index is -0.336. The van der Waals surface area contributed by atoms with Gasteiger partial charge in [-0.1, -0.05) is 35.0 Å². The molecule has 2 aromatic carbocycles. The van der Waals surface area contributed by atoms with Crippen molar-refractivity contribution in [1.29, 1.82) is 0 Å². The molecule has 0 unspecified atom stereocenters. The zero-order valence-corrected chi connectivity index (χ0v) is 14.8. The van der Waals surface area contributed by atoms with E-state index in [1.807, 2.05) is 56.3 Å². The van der Waals surface area contributed by atoms with Crippen LogP contribution < -0.4 is 5.32 Å². The zero-order chi connectivity index (χ0) is 18.8. The van der Waals surface area contributed by atoms with E-state index >= 15 is 0 Å². The van der Waals surface area contributed by atoms with Crippen LogP contribution in [0.15, 0.2) is 54.7 Å². The Labute approximate surface area is 155 Å². The number of anilines is 1. The lowest BCUT2D eigenvalue weighted by Crippen LogP contribution is -2.12. The van der Waals surface area contributed by atoms with E-state index in [2.05, 4.69) is 30.8 Å². The molecule has 0 bridgehead atoms. The number of hydrogen-bond acceptors (Lipinski definition) is 5. The molecule has 1 amide bonds. The molecule has 0 saturated carbocycles.